The highest BCUT2D eigenvalue weighted by Crippen LogP contribution is 2.18. The van der Waals surface area contributed by atoms with Crippen molar-refractivity contribution in [2.24, 2.45) is 0 Å². The molecule has 0 atom stereocenters. The molecule has 0 aliphatic heterocycles. The van der Waals surface area contributed by atoms with Crippen molar-refractivity contribution in [3.63, 3.8) is 0 Å². The highest BCUT2D eigenvalue weighted by Gasteiger charge is 2.05. The van der Waals surface area contributed by atoms with E-state index in [9.17, 15) is 0 Å². The number of rotatable bonds is 1. The predicted octanol–water partition coefficient (Wildman–Crippen LogP) is 0.0980. The summed E-state index contributed by atoms with van der Waals surface area (Å²) >= 11 is 0. The van der Waals surface area contributed by atoms with Crippen molar-refractivity contribution < 1.29 is 0 Å². The molecule has 0 aromatic carbocycles. The largest absolute Gasteiger partial charge is 0.383 e. The molecule has 6 nitrogen and oxygen atoms in total. The Morgan fingerprint density at radius 1 is 1.07 bits per heavy atom. The molecule has 0 saturated carbocycles. The van der Waals surface area contributed by atoms with Gasteiger partial charge in [-0.1, -0.05) is 0 Å². The van der Waals surface area contributed by atoms with E-state index >= 15 is 0 Å². The molecule has 0 fully saturated rings. The minimum absolute atomic E-state index is 0.165. The zero-order valence-corrected chi connectivity index (χ0v) is 7.25. The molecule has 0 unspecified atom stereocenters. The monoisotopic (exact) mass is 188 g/mol. The van der Waals surface area contributed by atoms with Crippen LogP contribution in [0.4, 0.5) is 11.8 Å². The quantitative estimate of drug-likeness (QED) is 0.657. The van der Waals surface area contributed by atoms with E-state index in [2.05, 4.69) is 19.9 Å². The van der Waals surface area contributed by atoms with Crippen LogP contribution >= 0.6 is 0 Å². The Balaban J connectivity index is 2.55. The van der Waals surface area contributed by atoms with E-state index in [-0.39, 0.29) is 5.95 Å². The van der Waals surface area contributed by atoms with Crippen molar-refractivity contribution in [2.45, 2.75) is 0 Å². The molecule has 0 saturated heterocycles. The van der Waals surface area contributed by atoms with Crippen molar-refractivity contribution in [2.75, 3.05) is 11.5 Å². The first-order valence-corrected chi connectivity index (χ1v) is 3.93. The molecule has 70 valence electrons. The van der Waals surface area contributed by atoms with E-state index in [1.165, 1.54) is 6.33 Å². The molecule has 2 rings (SSSR count). The number of nitrogen functional groups attached to an aromatic ring is 2. The molecule has 4 N–H and O–H groups in total. The lowest BCUT2D eigenvalue weighted by Crippen LogP contribution is -2.00. The number of pyridine rings is 1. The maximum Gasteiger partial charge on any atom is 0.223 e. The van der Waals surface area contributed by atoms with Crippen molar-refractivity contribution in [1.29, 1.82) is 0 Å². The van der Waals surface area contributed by atoms with E-state index in [1.807, 2.05) is 0 Å². The lowest BCUT2D eigenvalue weighted by Gasteiger charge is -2.01. The van der Waals surface area contributed by atoms with E-state index in [0.717, 1.165) is 0 Å². The Hall–Kier alpha value is -2.24. The van der Waals surface area contributed by atoms with Crippen LogP contribution in [0.25, 0.3) is 11.4 Å². The second-order valence-electron chi connectivity index (χ2n) is 2.60. The second kappa shape index (κ2) is 3.25. The molecular formula is C8H8N6. The molecule has 0 radical (unpaired) electrons. The van der Waals surface area contributed by atoms with E-state index in [0.29, 0.717) is 17.2 Å². The summed E-state index contributed by atoms with van der Waals surface area (Å²) in [6, 6.07) is 3.53. The van der Waals surface area contributed by atoms with Crippen LogP contribution in [0.1, 0.15) is 0 Å². The summed E-state index contributed by atoms with van der Waals surface area (Å²) in [5.41, 5.74) is 11.7. The van der Waals surface area contributed by atoms with Gasteiger partial charge >= 0.3 is 0 Å². The summed E-state index contributed by atoms with van der Waals surface area (Å²) in [5.74, 6) is 0.972. The number of nitrogens with zero attached hydrogens (tertiary/aromatic N) is 4. The number of nitrogens with two attached hydrogens (primary N) is 2. The van der Waals surface area contributed by atoms with E-state index < -0.39 is 0 Å². The fourth-order valence-corrected chi connectivity index (χ4v) is 1.05. The first-order valence-electron chi connectivity index (χ1n) is 3.93. The summed E-state index contributed by atoms with van der Waals surface area (Å²) in [6.07, 6.45) is 2.94. The Morgan fingerprint density at radius 2 is 1.93 bits per heavy atom. The van der Waals surface area contributed by atoms with Crippen LogP contribution < -0.4 is 11.5 Å². The van der Waals surface area contributed by atoms with Crippen LogP contribution in [-0.4, -0.2) is 19.9 Å². The van der Waals surface area contributed by atoms with Gasteiger partial charge < -0.3 is 11.5 Å². The second-order valence-corrected chi connectivity index (χ2v) is 2.60. The molecule has 0 aliphatic rings. The van der Waals surface area contributed by atoms with Crippen LogP contribution in [0.3, 0.4) is 0 Å². The average Bonchev–Trinajstić information content (AvgIpc) is 2.18. The first-order chi connectivity index (χ1) is 6.77. The van der Waals surface area contributed by atoms with Gasteiger partial charge in [0.1, 0.15) is 12.1 Å². The van der Waals surface area contributed by atoms with Gasteiger partial charge in [-0.05, 0) is 12.1 Å². The number of anilines is 2. The normalized spacial score (nSPS) is 10.0. The zero-order chi connectivity index (χ0) is 9.97. The van der Waals surface area contributed by atoms with Gasteiger partial charge in [-0.2, -0.15) is 4.98 Å². The predicted molar refractivity (Wildman–Crippen MR) is 51.9 cm³/mol. The smallest absolute Gasteiger partial charge is 0.223 e. The van der Waals surface area contributed by atoms with Crippen LogP contribution in [0.15, 0.2) is 24.7 Å². The molecule has 0 amide bonds. The number of hydrogen-bond donors (Lipinski definition) is 2. The highest BCUT2D eigenvalue weighted by atomic mass is 15.1. The Labute approximate surface area is 80.0 Å². The maximum atomic E-state index is 5.65. The third-order valence-corrected chi connectivity index (χ3v) is 1.67. The maximum absolute atomic E-state index is 5.65. The van der Waals surface area contributed by atoms with Gasteiger partial charge in [0.05, 0.1) is 5.56 Å². The van der Waals surface area contributed by atoms with Gasteiger partial charge in [0.25, 0.3) is 0 Å². The van der Waals surface area contributed by atoms with Crippen LogP contribution in [0, 0.1) is 0 Å². The molecule has 2 aromatic heterocycles. The van der Waals surface area contributed by atoms with E-state index in [1.54, 1.807) is 18.3 Å². The summed E-state index contributed by atoms with van der Waals surface area (Å²) in [5, 5.41) is 0. The zero-order valence-electron chi connectivity index (χ0n) is 7.25. The Morgan fingerprint density at radius 3 is 2.64 bits per heavy atom. The molecular weight excluding hydrogens is 180 g/mol. The Bertz CT molecular complexity index is 455. The summed E-state index contributed by atoms with van der Waals surface area (Å²) in [6.45, 7) is 0. The lowest BCUT2D eigenvalue weighted by atomic mass is 10.2. The van der Waals surface area contributed by atoms with Crippen molar-refractivity contribution in [3.8, 4) is 11.4 Å². The highest BCUT2D eigenvalue weighted by molar-refractivity contribution is 5.67. The summed E-state index contributed by atoms with van der Waals surface area (Å²) < 4.78 is 0. The molecule has 0 aliphatic carbocycles. The van der Waals surface area contributed by atoms with Crippen LogP contribution in [0.2, 0.25) is 0 Å². The molecule has 0 bridgehead atoms. The SMILES string of the molecule is Nc1ncnc(-c2cccnc2N)n1. The van der Waals surface area contributed by atoms with Gasteiger partial charge in [-0.25, -0.2) is 15.0 Å². The standard InChI is InChI=1S/C8H8N6/c9-6-5(2-1-3-11-6)7-12-4-13-8(10)14-7/h1-4H,(H2,9,11)(H2,10,12,13,14). The molecule has 2 heterocycles. The Kier molecular flexibility index (Phi) is 1.94. The van der Waals surface area contributed by atoms with Crippen molar-refractivity contribution in [1.82, 2.24) is 19.9 Å². The van der Waals surface area contributed by atoms with Crippen LogP contribution in [0.5, 0.6) is 0 Å². The van der Waals surface area contributed by atoms with Gasteiger partial charge in [0.15, 0.2) is 5.82 Å². The number of aromatic nitrogens is 4. The molecule has 2 aromatic rings. The van der Waals surface area contributed by atoms with Crippen molar-refractivity contribution in [3.05, 3.63) is 24.7 Å². The van der Waals surface area contributed by atoms with Gasteiger partial charge in [-0.15, -0.1) is 0 Å². The minimum atomic E-state index is 0.165. The molecule has 6 heteroatoms. The third kappa shape index (κ3) is 1.45. The summed E-state index contributed by atoms with van der Waals surface area (Å²) in [7, 11) is 0. The topological polar surface area (TPSA) is 104 Å². The van der Waals surface area contributed by atoms with Crippen LogP contribution in [-0.2, 0) is 0 Å². The lowest BCUT2D eigenvalue weighted by molar-refractivity contribution is 1.07. The van der Waals surface area contributed by atoms with Gasteiger partial charge in [-0.3, -0.25) is 0 Å². The molecule has 14 heavy (non-hydrogen) atoms. The van der Waals surface area contributed by atoms with Gasteiger partial charge in [0, 0.05) is 6.20 Å². The fourth-order valence-electron chi connectivity index (χ4n) is 1.05. The number of hydrogen-bond acceptors (Lipinski definition) is 6. The summed E-state index contributed by atoms with van der Waals surface area (Å²) in [4.78, 5) is 15.5. The van der Waals surface area contributed by atoms with E-state index in [4.69, 9.17) is 11.5 Å². The fraction of sp³-hybridized carbons (Fsp3) is 0. The average molecular weight is 188 g/mol. The first kappa shape index (κ1) is 8.36. The van der Waals surface area contributed by atoms with Gasteiger partial charge in [0.2, 0.25) is 5.95 Å². The minimum Gasteiger partial charge on any atom is -0.383 e. The molecule has 0 spiro atoms. The van der Waals surface area contributed by atoms with Crippen molar-refractivity contribution >= 4 is 11.8 Å². The third-order valence-electron chi connectivity index (χ3n) is 1.67.